The smallest absolute Gasteiger partial charge is 0.117 e. The van der Waals surface area contributed by atoms with Crippen LogP contribution in [0.5, 0.6) is 0 Å². The highest BCUT2D eigenvalue weighted by atomic mass is 79.9. The van der Waals surface area contributed by atoms with E-state index in [9.17, 15) is 9.90 Å². The Kier molecular flexibility index (Phi) is 3.84. The molecule has 0 unspecified atom stereocenters. The topological polar surface area (TPSA) is 72.7 Å². The summed E-state index contributed by atoms with van der Waals surface area (Å²) in [6, 6.07) is 9.46. The van der Waals surface area contributed by atoms with Crippen molar-refractivity contribution in [1.82, 2.24) is 4.57 Å². The van der Waals surface area contributed by atoms with Crippen LogP contribution in [0.2, 0.25) is 0 Å². The number of aromatic nitrogens is 1. The van der Waals surface area contributed by atoms with Gasteiger partial charge in [0.2, 0.25) is 0 Å². The number of hydrogen-bond acceptors (Lipinski definition) is 2. The molecular formula is C13H13BrN2O2. The molecule has 3 N–H and O–H groups in total. The Morgan fingerprint density at radius 3 is 2.61 bits per heavy atom. The molecule has 1 aromatic carbocycles. The van der Waals surface area contributed by atoms with Crippen molar-refractivity contribution in [3.05, 3.63) is 52.8 Å². The summed E-state index contributed by atoms with van der Waals surface area (Å²) < 4.78 is 2.96. The number of nitrogens with zero attached hydrogens (tertiary/aromatic N) is 1. The summed E-state index contributed by atoms with van der Waals surface area (Å²) in [5.74, 6) is -1.08. The number of carbonyl (C=O) groups excluding carboxylic acids is 1. The Hall–Kier alpha value is -1.59. The molecule has 0 aliphatic rings. The fourth-order valence-electron chi connectivity index (χ4n) is 1.75. The van der Waals surface area contributed by atoms with Gasteiger partial charge in [0, 0.05) is 40.5 Å². The normalized spacial score (nSPS) is 12.3. The second-order valence-electron chi connectivity index (χ2n) is 4.10. The van der Waals surface area contributed by atoms with E-state index in [1.807, 2.05) is 47.3 Å². The number of benzene rings is 1. The highest BCUT2D eigenvalue weighted by Crippen LogP contribution is 2.18. The molecule has 18 heavy (non-hydrogen) atoms. The monoisotopic (exact) mass is 308 g/mol. The number of rotatable bonds is 4. The van der Waals surface area contributed by atoms with Gasteiger partial charge in [-0.15, -0.1) is 0 Å². The minimum absolute atomic E-state index is 0.0651. The maximum Gasteiger partial charge on any atom is 0.117 e. The highest BCUT2D eigenvalue weighted by Gasteiger charge is 2.11. The SMILES string of the molecule is [NH3+][C@H](CC(=O)[O-])c1ccn(-c2ccc(Br)cc2)c1. The lowest BCUT2D eigenvalue weighted by Crippen LogP contribution is -2.55. The van der Waals surface area contributed by atoms with E-state index in [0.717, 1.165) is 15.7 Å². The Balaban J connectivity index is 2.19. The van der Waals surface area contributed by atoms with Gasteiger partial charge in [-0.2, -0.15) is 0 Å². The van der Waals surface area contributed by atoms with E-state index in [1.54, 1.807) is 0 Å². The van der Waals surface area contributed by atoms with E-state index in [1.165, 1.54) is 0 Å². The second kappa shape index (κ2) is 5.37. The van der Waals surface area contributed by atoms with Crippen molar-refractivity contribution >= 4 is 21.9 Å². The van der Waals surface area contributed by atoms with Crippen LogP contribution in [0.15, 0.2) is 47.2 Å². The number of aliphatic carboxylic acids is 1. The average Bonchev–Trinajstić information content (AvgIpc) is 2.78. The Labute approximate surface area is 113 Å². The summed E-state index contributed by atoms with van der Waals surface area (Å²) in [6.45, 7) is 0. The first kappa shape index (κ1) is 12.9. The molecule has 0 radical (unpaired) electrons. The number of halogens is 1. The third-order valence-corrected chi connectivity index (χ3v) is 3.25. The predicted octanol–water partition coefficient (Wildman–Crippen LogP) is 0.663. The summed E-state index contributed by atoms with van der Waals surface area (Å²) in [5.41, 5.74) is 5.74. The Bertz CT molecular complexity index is 548. The van der Waals surface area contributed by atoms with Crippen molar-refractivity contribution in [3.8, 4) is 5.69 Å². The zero-order valence-corrected chi connectivity index (χ0v) is 11.3. The number of hydrogen-bond donors (Lipinski definition) is 1. The standard InChI is InChI=1S/C13H13BrN2O2/c14-10-1-3-11(4-2-10)16-6-5-9(8-16)12(15)7-13(17)18/h1-6,8,12H,7,15H2,(H,17,18)/t12-/m1/s1. The summed E-state index contributed by atoms with van der Waals surface area (Å²) in [4.78, 5) is 10.5. The lowest BCUT2D eigenvalue weighted by Gasteiger charge is -2.07. The van der Waals surface area contributed by atoms with E-state index in [2.05, 4.69) is 21.7 Å². The van der Waals surface area contributed by atoms with Crippen molar-refractivity contribution in [2.45, 2.75) is 12.5 Å². The van der Waals surface area contributed by atoms with Crippen LogP contribution in [-0.2, 0) is 4.79 Å². The molecular weight excluding hydrogens is 296 g/mol. The van der Waals surface area contributed by atoms with Gasteiger partial charge in [0.05, 0.1) is 0 Å². The predicted molar refractivity (Wildman–Crippen MR) is 68.7 cm³/mol. The van der Waals surface area contributed by atoms with Gasteiger partial charge in [0.1, 0.15) is 6.04 Å². The second-order valence-corrected chi connectivity index (χ2v) is 5.02. The van der Waals surface area contributed by atoms with E-state index in [4.69, 9.17) is 0 Å². The third kappa shape index (κ3) is 3.00. The van der Waals surface area contributed by atoms with E-state index in [-0.39, 0.29) is 12.5 Å². The van der Waals surface area contributed by atoms with Gasteiger partial charge >= 0.3 is 0 Å². The Morgan fingerprint density at radius 2 is 2.00 bits per heavy atom. The van der Waals surface area contributed by atoms with E-state index >= 15 is 0 Å². The van der Waals surface area contributed by atoms with Crippen molar-refractivity contribution in [3.63, 3.8) is 0 Å². The molecule has 0 aliphatic carbocycles. The van der Waals surface area contributed by atoms with Crippen LogP contribution in [0.4, 0.5) is 0 Å². The van der Waals surface area contributed by atoms with Gasteiger partial charge in [0.15, 0.2) is 0 Å². The first-order valence-electron chi connectivity index (χ1n) is 5.53. The molecule has 2 aromatic rings. The molecule has 0 amide bonds. The molecule has 1 aromatic heterocycles. The molecule has 0 saturated heterocycles. The zero-order valence-electron chi connectivity index (χ0n) is 9.67. The zero-order chi connectivity index (χ0) is 13.1. The first-order valence-corrected chi connectivity index (χ1v) is 6.32. The third-order valence-electron chi connectivity index (χ3n) is 2.72. The Morgan fingerprint density at radius 1 is 1.33 bits per heavy atom. The highest BCUT2D eigenvalue weighted by molar-refractivity contribution is 9.10. The molecule has 4 nitrogen and oxygen atoms in total. The minimum Gasteiger partial charge on any atom is -0.550 e. The van der Waals surface area contributed by atoms with Crippen LogP contribution in [0.3, 0.4) is 0 Å². The number of carboxylic acids is 1. The summed E-state index contributed by atoms with van der Waals surface area (Å²) in [5, 5.41) is 10.5. The van der Waals surface area contributed by atoms with Gasteiger partial charge in [-0.1, -0.05) is 15.9 Å². The molecule has 5 heteroatoms. The van der Waals surface area contributed by atoms with Crippen LogP contribution >= 0.6 is 15.9 Å². The van der Waals surface area contributed by atoms with Crippen molar-refractivity contribution < 1.29 is 15.6 Å². The molecule has 1 heterocycles. The van der Waals surface area contributed by atoms with E-state index in [0.29, 0.717) is 0 Å². The van der Waals surface area contributed by atoms with Crippen LogP contribution in [-0.4, -0.2) is 10.5 Å². The molecule has 0 aliphatic heterocycles. The van der Waals surface area contributed by atoms with Crippen molar-refractivity contribution in [1.29, 1.82) is 0 Å². The molecule has 0 fully saturated rings. The molecule has 0 bridgehead atoms. The number of carboxylic acid groups (broad SMARTS) is 1. The van der Waals surface area contributed by atoms with Crippen molar-refractivity contribution in [2.75, 3.05) is 0 Å². The summed E-state index contributed by atoms with van der Waals surface area (Å²) in [7, 11) is 0. The molecule has 2 rings (SSSR count). The average molecular weight is 309 g/mol. The fraction of sp³-hybridized carbons (Fsp3) is 0.154. The maximum atomic E-state index is 10.5. The van der Waals surface area contributed by atoms with Crippen LogP contribution < -0.4 is 10.8 Å². The summed E-state index contributed by atoms with van der Waals surface area (Å²) >= 11 is 3.38. The van der Waals surface area contributed by atoms with E-state index < -0.39 is 5.97 Å². The van der Waals surface area contributed by atoms with Gasteiger partial charge in [-0.05, 0) is 30.3 Å². The van der Waals surface area contributed by atoms with Crippen LogP contribution in [0, 0.1) is 0 Å². The van der Waals surface area contributed by atoms with Gasteiger partial charge in [-0.25, -0.2) is 0 Å². The fourth-order valence-corrected chi connectivity index (χ4v) is 2.01. The molecule has 0 spiro atoms. The number of carbonyl (C=O) groups is 1. The molecule has 0 saturated carbocycles. The quantitative estimate of drug-likeness (QED) is 0.901. The van der Waals surface area contributed by atoms with Crippen LogP contribution in [0.1, 0.15) is 18.0 Å². The minimum atomic E-state index is -1.08. The summed E-state index contributed by atoms with van der Waals surface area (Å²) in [6.07, 6.45) is 3.72. The van der Waals surface area contributed by atoms with Crippen LogP contribution in [0.25, 0.3) is 5.69 Å². The largest absolute Gasteiger partial charge is 0.550 e. The molecule has 94 valence electrons. The van der Waals surface area contributed by atoms with Gasteiger partial charge in [-0.3, -0.25) is 0 Å². The first-order chi connectivity index (χ1) is 8.56. The lowest BCUT2D eigenvalue weighted by atomic mass is 10.1. The van der Waals surface area contributed by atoms with Gasteiger partial charge < -0.3 is 20.2 Å². The molecule has 1 atom stereocenters. The maximum absolute atomic E-state index is 10.5. The van der Waals surface area contributed by atoms with Crippen molar-refractivity contribution in [2.24, 2.45) is 0 Å². The van der Waals surface area contributed by atoms with Gasteiger partial charge in [0.25, 0.3) is 0 Å². The lowest BCUT2D eigenvalue weighted by molar-refractivity contribution is -0.430. The number of quaternary nitrogens is 1.